The molecule has 0 unspecified atom stereocenters. The van der Waals surface area contributed by atoms with Gasteiger partial charge in [-0.3, -0.25) is 15.0 Å². The summed E-state index contributed by atoms with van der Waals surface area (Å²) >= 11 is 6.51. The highest BCUT2D eigenvalue weighted by Gasteiger charge is 2.40. The molecule has 0 atom stereocenters. The Morgan fingerprint density at radius 1 is 1.21 bits per heavy atom. The smallest absolute Gasteiger partial charge is 0.249 e. The van der Waals surface area contributed by atoms with Crippen molar-refractivity contribution in [3.05, 3.63) is 35.0 Å². The molecule has 1 fully saturated rings. The summed E-state index contributed by atoms with van der Waals surface area (Å²) in [4.78, 5) is 19.6. The first kappa shape index (κ1) is 25.7. The number of piperidine rings is 1. The largest absolute Gasteiger partial charge is 0.497 e. The van der Waals surface area contributed by atoms with Gasteiger partial charge in [0.15, 0.2) is 0 Å². The Bertz CT molecular complexity index is 913. The average Bonchev–Trinajstić information content (AvgIpc) is 2.85. The molecule has 2 heterocycles. The van der Waals surface area contributed by atoms with E-state index in [9.17, 15) is 10.0 Å². The van der Waals surface area contributed by atoms with Crippen LogP contribution in [-0.4, -0.2) is 47.7 Å². The molecular weight excluding hydrogens is 438 g/mol. The summed E-state index contributed by atoms with van der Waals surface area (Å²) < 4.78 is 5.38. The molecule has 1 aliphatic heterocycles. The molecule has 3 rings (SSSR count). The van der Waals surface area contributed by atoms with E-state index in [1.165, 1.54) is 32.1 Å². The number of hydroxylamine groups is 1. The number of amides is 1. The summed E-state index contributed by atoms with van der Waals surface area (Å²) in [5.41, 5.74) is 3.34. The van der Waals surface area contributed by atoms with E-state index in [-0.39, 0.29) is 5.91 Å². The summed E-state index contributed by atoms with van der Waals surface area (Å²) in [7, 11) is 1.65. The normalized spacial score (nSPS) is 16.1. The van der Waals surface area contributed by atoms with Crippen LogP contribution in [0.3, 0.4) is 0 Å². The number of aryl methyl sites for hydroxylation is 1. The van der Waals surface area contributed by atoms with Crippen LogP contribution in [0.1, 0.15) is 70.3 Å². The molecule has 1 aliphatic rings. The summed E-state index contributed by atoms with van der Waals surface area (Å²) in [6, 6.07) is 5.80. The van der Waals surface area contributed by atoms with Crippen LogP contribution >= 0.6 is 11.6 Å². The summed E-state index contributed by atoms with van der Waals surface area (Å²) in [6.45, 7) is 5.13. The van der Waals surface area contributed by atoms with E-state index < -0.39 is 5.41 Å². The maximum absolute atomic E-state index is 12.7. The van der Waals surface area contributed by atoms with Crippen molar-refractivity contribution in [1.82, 2.24) is 15.4 Å². The van der Waals surface area contributed by atoms with Gasteiger partial charge in [-0.25, -0.2) is 5.48 Å². The lowest BCUT2D eigenvalue weighted by molar-refractivity contribution is -0.143. The zero-order valence-electron chi connectivity index (χ0n) is 20.0. The highest BCUT2D eigenvalue weighted by Crippen LogP contribution is 2.38. The van der Waals surface area contributed by atoms with Crippen molar-refractivity contribution >= 4 is 28.4 Å². The number of fused-ring (bicyclic) bond motifs is 1. The molecule has 0 spiro atoms. The number of carbonyl (C=O) groups excluding carboxylic acids is 1. The summed E-state index contributed by atoms with van der Waals surface area (Å²) in [5, 5.41) is 11.1. The second-order valence-electron chi connectivity index (χ2n) is 9.30. The number of pyridine rings is 1. The van der Waals surface area contributed by atoms with Crippen LogP contribution in [0.2, 0.25) is 5.02 Å². The second-order valence-corrected chi connectivity index (χ2v) is 9.71. The molecular formula is C26H38ClN3O3. The van der Waals surface area contributed by atoms with E-state index in [1.54, 1.807) is 13.3 Å². The molecule has 7 heteroatoms. The van der Waals surface area contributed by atoms with Crippen LogP contribution < -0.4 is 10.2 Å². The van der Waals surface area contributed by atoms with Crippen molar-refractivity contribution in [2.75, 3.05) is 26.7 Å². The van der Waals surface area contributed by atoms with E-state index in [1.807, 2.05) is 23.7 Å². The molecule has 0 saturated carbocycles. The Labute approximate surface area is 202 Å². The minimum Gasteiger partial charge on any atom is -0.497 e. The number of aromatic nitrogens is 1. The Morgan fingerprint density at radius 3 is 2.67 bits per heavy atom. The monoisotopic (exact) mass is 475 g/mol. The number of rotatable bonds is 12. The maximum atomic E-state index is 12.7. The number of methoxy groups -OCH3 is 1. The van der Waals surface area contributed by atoms with E-state index in [0.29, 0.717) is 11.4 Å². The first-order valence-electron chi connectivity index (χ1n) is 12.3. The minimum absolute atomic E-state index is 0.252. The van der Waals surface area contributed by atoms with Gasteiger partial charge in [-0.15, -0.1) is 0 Å². The molecule has 0 bridgehead atoms. The van der Waals surface area contributed by atoms with Gasteiger partial charge in [-0.2, -0.15) is 0 Å². The lowest BCUT2D eigenvalue weighted by atomic mass is 9.73. The minimum atomic E-state index is -0.527. The maximum Gasteiger partial charge on any atom is 0.249 e. The van der Waals surface area contributed by atoms with Crippen LogP contribution in [0.5, 0.6) is 5.75 Å². The number of carbonyl (C=O) groups is 1. The Morgan fingerprint density at radius 2 is 1.97 bits per heavy atom. The standard InChI is InChI=1S/C26H38ClN3O3/c1-3-4-5-6-7-15-30-16-13-26(14-17-30,25(31)29-32)12-8-9-21-22-18-20(33-2)10-11-24(22)28-19-23(21)27/h10-11,18-19,32H,3-9,12-17H2,1-2H3,(H,29,31). The third-order valence-electron chi connectivity index (χ3n) is 7.19. The number of nitrogens with one attached hydrogen (secondary N) is 1. The van der Waals surface area contributed by atoms with E-state index in [2.05, 4.69) is 16.8 Å². The fraction of sp³-hybridized carbons (Fsp3) is 0.615. The van der Waals surface area contributed by atoms with Gasteiger partial charge in [0.05, 0.1) is 23.1 Å². The van der Waals surface area contributed by atoms with Gasteiger partial charge in [0.2, 0.25) is 5.91 Å². The number of hydrogen-bond donors (Lipinski definition) is 2. The zero-order valence-corrected chi connectivity index (χ0v) is 20.8. The topological polar surface area (TPSA) is 74.7 Å². The molecule has 182 valence electrons. The van der Waals surface area contributed by atoms with Gasteiger partial charge >= 0.3 is 0 Å². The van der Waals surface area contributed by atoms with Crippen molar-refractivity contribution in [2.45, 2.75) is 71.1 Å². The molecule has 1 saturated heterocycles. The quantitative estimate of drug-likeness (QED) is 0.231. The van der Waals surface area contributed by atoms with Gasteiger partial charge in [0.25, 0.3) is 0 Å². The van der Waals surface area contributed by atoms with Crippen LogP contribution in [0, 0.1) is 5.41 Å². The Hall–Kier alpha value is -1.89. The fourth-order valence-electron chi connectivity index (χ4n) is 5.04. The lowest BCUT2D eigenvalue weighted by Crippen LogP contribution is -2.48. The van der Waals surface area contributed by atoms with Crippen molar-refractivity contribution < 1.29 is 14.7 Å². The Balaban J connectivity index is 1.61. The predicted octanol–water partition coefficient (Wildman–Crippen LogP) is 5.78. The van der Waals surface area contributed by atoms with Crippen LogP contribution in [0.25, 0.3) is 10.9 Å². The van der Waals surface area contributed by atoms with E-state index >= 15 is 0 Å². The first-order valence-corrected chi connectivity index (χ1v) is 12.7. The first-order chi connectivity index (χ1) is 16.0. The van der Waals surface area contributed by atoms with Crippen molar-refractivity contribution in [1.29, 1.82) is 0 Å². The number of benzene rings is 1. The van der Waals surface area contributed by atoms with Gasteiger partial charge in [-0.05, 0) is 81.9 Å². The molecule has 33 heavy (non-hydrogen) atoms. The van der Waals surface area contributed by atoms with E-state index in [4.69, 9.17) is 16.3 Å². The Kier molecular flexibility index (Phi) is 9.78. The molecule has 2 aromatic rings. The molecule has 0 radical (unpaired) electrons. The van der Waals surface area contributed by atoms with Gasteiger partial charge in [0, 0.05) is 11.6 Å². The van der Waals surface area contributed by atoms with Gasteiger partial charge in [-0.1, -0.05) is 44.2 Å². The van der Waals surface area contributed by atoms with Crippen LogP contribution in [-0.2, 0) is 11.2 Å². The number of ether oxygens (including phenoxy) is 1. The number of hydrogen-bond acceptors (Lipinski definition) is 5. The van der Waals surface area contributed by atoms with E-state index in [0.717, 1.165) is 67.5 Å². The molecule has 6 nitrogen and oxygen atoms in total. The average molecular weight is 476 g/mol. The molecule has 1 aromatic carbocycles. The molecule has 1 aromatic heterocycles. The SMILES string of the molecule is CCCCCCCN1CCC(CCCc2c(Cl)cnc3ccc(OC)cc23)(C(=O)NO)CC1. The van der Waals surface area contributed by atoms with Crippen LogP contribution in [0.4, 0.5) is 0 Å². The summed E-state index contributed by atoms with van der Waals surface area (Å²) in [5.74, 6) is 0.517. The van der Waals surface area contributed by atoms with Crippen molar-refractivity contribution in [3.63, 3.8) is 0 Å². The number of likely N-dealkylation sites (tertiary alicyclic amines) is 1. The third kappa shape index (κ3) is 6.58. The highest BCUT2D eigenvalue weighted by atomic mass is 35.5. The summed E-state index contributed by atoms with van der Waals surface area (Å²) in [6.07, 6.45) is 11.9. The molecule has 1 amide bonds. The van der Waals surface area contributed by atoms with Gasteiger partial charge in [0.1, 0.15) is 5.75 Å². The highest BCUT2D eigenvalue weighted by molar-refractivity contribution is 6.32. The van der Waals surface area contributed by atoms with Crippen LogP contribution in [0.15, 0.2) is 24.4 Å². The third-order valence-corrected chi connectivity index (χ3v) is 7.52. The van der Waals surface area contributed by atoms with Crippen molar-refractivity contribution in [2.24, 2.45) is 5.41 Å². The number of halogens is 1. The molecule has 2 N–H and O–H groups in total. The molecule has 0 aliphatic carbocycles. The zero-order chi connectivity index (χ0) is 23.7. The van der Waals surface area contributed by atoms with Gasteiger partial charge < -0.3 is 9.64 Å². The lowest BCUT2D eigenvalue weighted by Gasteiger charge is -2.40. The van der Waals surface area contributed by atoms with Crippen molar-refractivity contribution in [3.8, 4) is 5.75 Å². The second kappa shape index (κ2) is 12.5. The fourth-order valence-corrected chi connectivity index (χ4v) is 5.28. The predicted molar refractivity (Wildman–Crippen MR) is 133 cm³/mol. The number of unbranched alkanes of at least 4 members (excludes halogenated alkanes) is 4. The number of nitrogens with zero attached hydrogens (tertiary/aromatic N) is 2.